The van der Waals surface area contributed by atoms with E-state index in [1.165, 1.54) is 0 Å². The maximum atomic E-state index is 12.5. The standard InChI is InChI=1S/C23H22N4O3/c1-17(18-10-4-2-5-11-18)27-30-16-22(28)25-26-23(29)20-14-8-9-15-21(20)24-19-12-6-3-7-13-19/h2-15,24H,16H2,1H3,(H,25,28)(H,26,29). The molecule has 0 aromatic heterocycles. The zero-order chi connectivity index (χ0) is 21.2. The lowest BCUT2D eigenvalue weighted by Gasteiger charge is -2.12. The molecule has 30 heavy (non-hydrogen) atoms. The molecule has 0 saturated carbocycles. The summed E-state index contributed by atoms with van der Waals surface area (Å²) in [7, 11) is 0. The summed E-state index contributed by atoms with van der Waals surface area (Å²) in [5.41, 5.74) is 8.11. The van der Waals surface area contributed by atoms with Crippen molar-refractivity contribution in [2.45, 2.75) is 6.92 Å². The first-order valence-corrected chi connectivity index (χ1v) is 9.36. The number of nitrogens with one attached hydrogen (secondary N) is 3. The zero-order valence-electron chi connectivity index (χ0n) is 16.5. The molecule has 0 saturated heterocycles. The lowest BCUT2D eigenvalue weighted by atomic mass is 10.1. The molecule has 0 aliphatic heterocycles. The van der Waals surface area contributed by atoms with Crippen molar-refractivity contribution in [2.75, 3.05) is 11.9 Å². The van der Waals surface area contributed by atoms with Crippen LogP contribution in [0.2, 0.25) is 0 Å². The number of carbonyl (C=O) groups excluding carboxylic acids is 2. The van der Waals surface area contributed by atoms with E-state index in [0.717, 1.165) is 11.3 Å². The van der Waals surface area contributed by atoms with E-state index in [1.54, 1.807) is 25.1 Å². The Labute approximate surface area is 174 Å². The van der Waals surface area contributed by atoms with E-state index in [9.17, 15) is 9.59 Å². The predicted molar refractivity (Wildman–Crippen MR) is 116 cm³/mol. The second kappa shape index (κ2) is 10.4. The topological polar surface area (TPSA) is 91.8 Å². The Morgan fingerprint density at radius 2 is 1.47 bits per heavy atom. The van der Waals surface area contributed by atoms with Crippen LogP contribution in [0.3, 0.4) is 0 Å². The molecular weight excluding hydrogens is 380 g/mol. The molecule has 3 N–H and O–H groups in total. The van der Waals surface area contributed by atoms with Crippen LogP contribution >= 0.6 is 0 Å². The second-order valence-electron chi connectivity index (χ2n) is 6.36. The summed E-state index contributed by atoms with van der Waals surface area (Å²) in [4.78, 5) is 29.5. The number of rotatable bonds is 7. The fourth-order valence-electron chi connectivity index (χ4n) is 2.62. The number of hydrogen-bond donors (Lipinski definition) is 3. The molecule has 3 rings (SSSR count). The monoisotopic (exact) mass is 402 g/mol. The molecule has 3 aromatic rings. The van der Waals surface area contributed by atoms with E-state index >= 15 is 0 Å². The minimum Gasteiger partial charge on any atom is -0.385 e. The molecule has 7 nitrogen and oxygen atoms in total. The fourth-order valence-corrected chi connectivity index (χ4v) is 2.62. The van der Waals surface area contributed by atoms with Gasteiger partial charge < -0.3 is 10.2 Å². The first-order chi connectivity index (χ1) is 14.6. The van der Waals surface area contributed by atoms with Gasteiger partial charge >= 0.3 is 0 Å². The van der Waals surface area contributed by atoms with Crippen LogP contribution in [0, 0.1) is 0 Å². The lowest BCUT2D eigenvalue weighted by Crippen LogP contribution is -2.43. The van der Waals surface area contributed by atoms with Gasteiger partial charge in [0, 0.05) is 5.69 Å². The molecule has 0 spiro atoms. The minimum absolute atomic E-state index is 0.325. The largest absolute Gasteiger partial charge is 0.385 e. The Morgan fingerprint density at radius 3 is 2.20 bits per heavy atom. The minimum atomic E-state index is -0.526. The first kappa shape index (κ1) is 20.6. The number of hydrazine groups is 1. The van der Waals surface area contributed by atoms with Crippen molar-refractivity contribution < 1.29 is 14.4 Å². The summed E-state index contributed by atoms with van der Waals surface area (Å²) in [5, 5.41) is 7.10. The summed E-state index contributed by atoms with van der Waals surface area (Å²) in [5.74, 6) is -0.979. The number of para-hydroxylation sites is 2. The maximum Gasteiger partial charge on any atom is 0.279 e. The third-order valence-corrected chi connectivity index (χ3v) is 4.13. The Balaban J connectivity index is 1.51. The quantitative estimate of drug-likeness (QED) is 0.416. The zero-order valence-corrected chi connectivity index (χ0v) is 16.5. The van der Waals surface area contributed by atoms with Crippen molar-refractivity contribution in [1.82, 2.24) is 10.9 Å². The van der Waals surface area contributed by atoms with Crippen LogP contribution in [0.4, 0.5) is 11.4 Å². The molecule has 2 amide bonds. The van der Waals surface area contributed by atoms with Gasteiger partial charge in [0.05, 0.1) is 17.0 Å². The van der Waals surface area contributed by atoms with Crippen LogP contribution in [0.1, 0.15) is 22.8 Å². The van der Waals surface area contributed by atoms with Crippen molar-refractivity contribution in [1.29, 1.82) is 0 Å². The molecule has 7 heteroatoms. The highest BCUT2D eigenvalue weighted by molar-refractivity contribution is 6.01. The van der Waals surface area contributed by atoms with E-state index in [0.29, 0.717) is 17.0 Å². The van der Waals surface area contributed by atoms with E-state index in [4.69, 9.17) is 4.84 Å². The average molecular weight is 402 g/mol. The summed E-state index contributed by atoms with van der Waals surface area (Å²) >= 11 is 0. The molecule has 0 heterocycles. The van der Waals surface area contributed by atoms with Crippen molar-refractivity contribution >= 4 is 28.9 Å². The summed E-state index contributed by atoms with van der Waals surface area (Å²) < 4.78 is 0. The number of oxime groups is 1. The third-order valence-electron chi connectivity index (χ3n) is 4.13. The van der Waals surface area contributed by atoms with Crippen molar-refractivity contribution in [2.24, 2.45) is 5.16 Å². The summed E-state index contributed by atoms with van der Waals surface area (Å²) in [6, 6.07) is 26.0. The van der Waals surface area contributed by atoms with E-state index in [2.05, 4.69) is 21.3 Å². The number of carbonyl (C=O) groups is 2. The first-order valence-electron chi connectivity index (χ1n) is 9.36. The highest BCUT2D eigenvalue weighted by atomic mass is 16.6. The van der Waals surface area contributed by atoms with Crippen LogP contribution in [-0.4, -0.2) is 24.1 Å². The molecule has 0 aliphatic rings. The lowest BCUT2D eigenvalue weighted by molar-refractivity contribution is -0.126. The van der Waals surface area contributed by atoms with Gasteiger partial charge in [0.25, 0.3) is 11.8 Å². The van der Waals surface area contributed by atoms with Gasteiger partial charge in [-0.25, -0.2) is 0 Å². The van der Waals surface area contributed by atoms with Crippen LogP contribution in [-0.2, 0) is 9.63 Å². The Morgan fingerprint density at radius 1 is 0.833 bits per heavy atom. The van der Waals surface area contributed by atoms with Gasteiger partial charge in [0.15, 0.2) is 6.61 Å². The van der Waals surface area contributed by atoms with Gasteiger partial charge in [-0.05, 0) is 36.8 Å². The Hall–Kier alpha value is -4.13. The highest BCUT2D eigenvalue weighted by Crippen LogP contribution is 2.20. The van der Waals surface area contributed by atoms with E-state index < -0.39 is 11.8 Å². The van der Waals surface area contributed by atoms with Crippen molar-refractivity contribution in [3.05, 3.63) is 96.1 Å². The number of hydrogen-bond acceptors (Lipinski definition) is 5. The third kappa shape index (κ3) is 5.93. The molecule has 0 radical (unpaired) electrons. The van der Waals surface area contributed by atoms with E-state index in [-0.39, 0.29) is 6.61 Å². The van der Waals surface area contributed by atoms with E-state index in [1.807, 2.05) is 66.7 Å². The summed E-state index contributed by atoms with van der Waals surface area (Å²) in [6.07, 6.45) is 0. The van der Waals surface area contributed by atoms with Gasteiger partial charge in [-0.3, -0.25) is 20.4 Å². The molecule has 0 fully saturated rings. The second-order valence-corrected chi connectivity index (χ2v) is 6.36. The van der Waals surface area contributed by atoms with Gasteiger partial charge in [-0.1, -0.05) is 65.8 Å². The summed E-state index contributed by atoms with van der Waals surface area (Å²) in [6.45, 7) is 1.46. The number of amides is 2. The number of nitrogens with zero attached hydrogens (tertiary/aromatic N) is 1. The van der Waals surface area contributed by atoms with Gasteiger partial charge in [0.2, 0.25) is 0 Å². The molecule has 0 unspecified atom stereocenters. The smallest absolute Gasteiger partial charge is 0.279 e. The molecule has 0 aliphatic carbocycles. The average Bonchev–Trinajstić information content (AvgIpc) is 2.79. The number of anilines is 2. The number of benzene rings is 3. The normalized spacial score (nSPS) is 10.8. The van der Waals surface area contributed by atoms with Crippen LogP contribution < -0.4 is 16.2 Å². The van der Waals surface area contributed by atoms with Crippen LogP contribution in [0.5, 0.6) is 0 Å². The van der Waals surface area contributed by atoms with Gasteiger partial charge in [-0.15, -0.1) is 0 Å². The fraction of sp³-hybridized carbons (Fsp3) is 0.0870. The molecule has 0 bridgehead atoms. The van der Waals surface area contributed by atoms with Crippen LogP contribution in [0.15, 0.2) is 90.1 Å². The Bertz CT molecular complexity index is 1020. The maximum absolute atomic E-state index is 12.5. The van der Waals surface area contributed by atoms with Crippen molar-refractivity contribution in [3.63, 3.8) is 0 Å². The molecule has 3 aromatic carbocycles. The predicted octanol–water partition coefficient (Wildman–Crippen LogP) is 3.63. The molecule has 0 atom stereocenters. The van der Waals surface area contributed by atoms with Crippen LogP contribution in [0.25, 0.3) is 0 Å². The molecule has 152 valence electrons. The highest BCUT2D eigenvalue weighted by Gasteiger charge is 2.12. The van der Waals surface area contributed by atoms with Gasteiger partial charge in [0.1, 0.15) is 0 Å². The van der Waals surface area contributed by atoms with Gasteiger partial charge in [-0.2, -0.15) is 0 Å². The SMILES string of the molecule is CC(=NOCC(=O)NNC(=O)c1ccccc1Nc1ccccc1)c1ccccc1. The van der Waals surface area contributed by atoms with Crippen molar-refractivity contribution in [3.8, 4) is 0 Å². The molecular formula is C23H22N4O3. The Kier molecular flexibility index (Phi) is 7.16.